The summed E-state index contributed by atoms with van der Waals surface area (Å²) < 4.78 is 0. The number of carbonyl (C=O) groups excluding carboxylic acids is 1. The molecule has 0 aliphatic heterocycles. The first kappa shape index (κ1) is 21.3. The number of urea groups is 1. The van der Waals surface area contributed by atoms with Crippen LogP contribution in [0.15, 0.2) is 76.7 Å². The molecule has 0 bridgehead atoms. The number of thioether (sulfide) groups is 2. The van der Waals surface area contributed by atoms with Crippen LogP contribution >= 0.6 is 23.5 Å². The van der Waals surface area contributed by atoms with E-state index in [2.05, 4.69) is 39.9 Å². The molecule has 0 radical (unpaired) electrons. The van der Waals surface area contributed by atoms with E-state index in [-0.39, 0.29) is 11.9 Å². The van der Waals surface area contributed by atoms with E-state index in [1.54, 1.807) is 11.8 Å². The van der Waals surface area contributed by atoms with Crippen molar-refractivity contribution in [1.29, 1.82) is 0 Å². The number of nitrogens with zero attached hydrogens (tertiary/aromatic N) is 1. The number of carbonyl (C=O) groups is 1. The molecule has 0 aliphatic carbocycles. The second kappa shape index (κ2) is 10.4. The van der Waals surface area contributed by atoms with Gasteiger partial charge in [0.2, 0.25) is 0 Å². The molecular formula is C23H25N3OS2. The Labute approximate surface area is 180 Å². The Morgan fingerprint density at radius 3 is 2.07 bits per heavy atom. The minimum Gasteiger partial charge on any atom is -0.337 e. The first-order valence-electron chi connectivity index (χ1n) is 9.36. The largest absolute Gasteiger partial charge is 0.337 e. The highest BCUT2D eigenvalue weighted by Gasteiger charge is 2.17. The lowest BCUT2D eigenvalue weighted by atomic mass is 9.91. The third-order valence-electron chi connectivity index (χ3n) is 4.60. The molecule has 1 heterocycles. The van der Waals surface area contributed by atoms with Crippen molar-refractivity contribution >= 4 is 35.2 Å². The summed E-state index contributed by atoms with van der Waals surface area (Å²) in [6, 6.07) is 22.3. The van der Waals surface area contributed by atoms with Crippen molar-refractivity contribution in [3.05, 3.63) is 83.6 Å². The van der Waals surface area contributed by atoms with Crippen LogP contribution < -0.4 is 10.6 Å². The van der Waals surface area contributed by atoms with Gasteiger partial charge in [0.25, 0.3) is 0 Å². The predicted octanol–water partition coefficient (Wildman–Crippen LogP) is 5.79. The molecule has 2 N–H and O–H groups in total. The van der Waals surface area contributed by atoms with Crippen LogP contribution in [0.5, 0.6) is 0 Å². The Kier molecular flexibility index (Phi) is 7.61. The number of pyridine rings is 1. The highest BCUT2D eigenvalue weighted by Crippen LogP contribution is 2.33. The zero-order valence-corrected chi connectivity index (χ0v) is 18.4. The third-order valence-corrected chi connectivity index (χ3v) is 6.04. The fourth-order valence-corrected chi connectivity index (χ4v) is 4.50. The Hall–Kier alpha value is -2.44. The maximum Gasteiger partial charge on any atom is 0.319 e. The summed E-state index contributed by atoms with van der Waals surface area (Å²) in [5.41, 5.74) is 4.05. The number of anilines is 1. The molecular weight excluding hydrogens is 398 g/mol. The van der Waals surface area contributed by atoms with Crippen LogP contribution in [0.25, 0.3) is 0 Å². The van der Waals surface area contributed by atoms with Crippen molar-refractivity contribution < 1.29 is 4.79 Å². The number of hydrogen-bond donors (Lipinski definition) is 2. The molecule has 29 heavy (non-hydrogen) atoms. The van der Waals surface area contributed by atoms with Crippen LogP contribution in [0.1, 0.15) is 22.7 Å². The minimum atomic E-state index is -0.224. The molecule has 6 heteroatoms. The van der Waals surface area contributed by atoms with Gasteiger partial charge in [0.1, 0.15) is 5.03 Å². The van der Waals surface area contributed by atoms with Crippen LogP contribution in [-0.2, 0) is 0 Å². The first-order chi connectivity index (χ1) is 14.1. The lowest BCUT2D eigenvalue weighted by Crippen LogP contribution is -2.33. The normalized spacial score (nSPS) is 10.8. The van der Waals surface area contributed by atoms with Gasteiger partial charge in [0.15, 0.2) is 0 Å². The molecule has 0 saturated heterocycles. The van der Waals surface area contributed by atoms with Gasteiger partial charge in [-0.1, -0.05) is 60.7 Å². The van der Waals surface area contributed by atoms with E-state index in [4.69, 9.17) is 0 Å². The summed E-state index contributed by atoms with van der Waals surface area (Å²) in [5, 5.41) is 6.89. The number of aryl methyl sites for hydroxylation is 1. The molecule has 2 amide bonds. The first-order valence-corrected chi connectivity index (χ1v) is 11.8. The topological polar surface area (TPSA) is 54.0 Å². The third kappa shape index (κ3) is 5.55. The van der Waals surface area contributed by atoms with Crippen molar-refractivity contribution in [1.82, 2.24) is 10.3 Å². The number of benzene rings is 2. The molecule has 2 aromatic carbocycles. The summed E-state index contributed by atoms with van der Waals surface area (Å²) in [6.45, 7) is 2.47. The quantitative estimate of drug-likeness (QED) is 0.473. The summed E-state index contributed by atoms with van der Waals surface area (Å²) in [4.78, 5) is 18.3. The van der Waals surface area contributed by atoms with Gasteiger partial charge in [-0.2, -0.15) is 0 Å². The van der Waals surface area contributed by atoms with E-state index in [9.17, 15) is 4.79 Å². The van der Waals surface area contributed by atoms with Gasteiger partial charge < -0.3 is 10.6 Å². The van der Waals surface area contributed by atoms with Crippen LogP contribution in [0.4, 0.5) is 10.5 Å². The van der Waals surface area contributed by atoms with Gasteiger partial charge in [-0.25, -0.2) is 9.78 Å². The van der Waals surface area contributed by atoms with Crippen molar-refractivity contribution in [3.63, 3.8) is 0 Å². The molecule has 0 atom stereocenters. The monoisotopic (exact) mass is 423 g/mol. The second-order valence-electron chi connectivity index (χ2n) is 6.56. The molecule has 0 fully saturated rings. The zero-order valence-electron chi connectivity index (χ0n) is 16.8. The molecule has 4 nitrogen and oxygen atoms in total. The Morgan fingerprint density at radius 1 is 0.966 bits per heavy atom. The second-order valence-corrected chi connectivity index (χ2v) is 8.20. The van der Waals surface area contributed by atoms with Gasteiger partial charge >= 0.3 is 6.03 Å². The van der Waals surface area contributed by atoms with E-state index in [1.165, 1.54) is 22.9 Å². The average molecular weight is 424 g/mol. The average Bonchev–Trinajstić information content (AvgIpc) is 2.76. The Balaban J connectivity index is 1.77. The summed E-state index contributed by atoms with van der Waals surface area (Å²) >= 11 is 3.14. The predicted molar refractivity (Wildman–Crippen MR) is 124 cm³/mol. The SMILES string of the molecule is CSc1cc(C)nc(SC)c1NC(=O)NCC(c1ccccc1)c1ccccc1. The van der Waals surface area contributed by atoms with Crippen LogP contribution in [-0.4, -0.2) is 30.1 Å². The molecule has 150 valence electrons. The molecule has 3 aromatic rings. The molecule has 3 rings (SSSR count). The standard InChI is InChI=1S/C23H25N3OS2/c1-16-14-20(28-2)21(22(25-16)29-3)26-23(27)24-15-19(17-10-6-4-7-11-17)18-12-8-5-9-13-18/h4-14,19H,15H2,1-3H3,(H2,24,26,27). The van der Waals surface area contributed by atoms with Crippen molar-refractivity contribution in [2.75, 3.05) is 24.4 Å². The lowest BCUT2D eigenvalue weighted by molar-refractivity contribution is 0.251. The highest BCUT2D eigenvalue weighted by molar-refractivity contribution is 7.99. The Bertz CT molecular complexity index is 884. The zero-order chi connectivity index (χ0) is 20.6. The van der Waals surface area contributed by atoms with E-state index >= 15 is 0 Å². The number of amides is 2. The fourth-order valence-electron chi connectivity index (χ4n) is 3.19. The molecule has 0 unspecified atom stereocenters. The molecule has 0 aliphatic rings. The number of rotatable bonds is 7. The molecule has 0 saturated carbocycles. The van der Waals surface area contributed by atoms with Crippen molar-refractivity contribution in [2.24, 2.45) is 0 Å². The van der Waals surface area contributed by atoms with E-state index in [1.807, 2.05) is 61.9 Å². The van der Waals surface area contributed by atoms with Gasteiger partial charge in [-0.15, -0.1) is 23.5 Å². The van der Waals surface area contributed by atoms with Crippen LogP contribution in [0, 0.1) is 6.92 Å². The van der Waals surface area contributed by atoms with Crippen molar-refractivity contribution in [2.45, 2.75) is 22.8 Å². The van der Waals surface area contributed by atoms with Gasteiger partial charge in [0, 0.05) is 23.1 Å². The van der Waals surface area contributed by atoms with Gasteiger partial charge in [-0.3, -0.25) is 0 Å². The highest BCUT2D eigenvalue weighted by atomic mass is 32.2. The summed E-state index contributed by atoms with van der Waals surface area (Å²) in [7, 11) is 0. The van der Waals surface area contributed by atoms with E-state index in [0.717, 1.165) is 21.3 Å². The maximum absolute atomic E-state index is 12.7. The Morgan fingerprint density at radius 2 is 1.55 bits per heavy atom. The van der Waals surface area contributed by atoms with E-state index < -0.39 is 0 Å². The minimum absolute atomic E-state index is 0.0827. The number of hydrogen-bond acceptors (Lipinski definition) is 4. The van der Waals surface area contributed by atoms with Crippen LogP contribution in [0.2, 0.25) is 0 Å². The number of nitrogens with one attached hydrogen (secondary N) is 2. The van der Waals surface area contributed by atoms with Gasteiger partial charge in [-0.05, 0) is 36.6 Å². The maximum atomic E-state index is 12.7. The molecule has 1 aromatic heterocycles. The fraction of sp³-hybridized carbons (Fsp3) is 0.217. The van der Waals surface area contributed by atoms with Gasteiger partial charge in [0.05, 0.1) is 5.69 Å². The molecule has 0 spiro atoms. The van der Waals surface area contributed by atoms with Crippen molar-refractivity contribution in [3.8, 4) is 0 Å². The smallest absolute Gasteiger partial charge is 0.319 e. The summed E-state index contributed by atoms with van der Waals surface area (Å²) in [6.07, 6.45) is 3.97. The summed E-state index contributed by atoms with van der Waals surface area (Å²) in [5.74, 6) is 0.0827. The van der Waals surface area contributed by atoms with E-state index in [0.29, 0.717) is 6.54 Å². The lowest BCUT2D eigenvalue weighted by Gasteiger charge is -2.20. The van der Waals surface area contributed by atoms with Crippen LogP contribution in [0.3, 0.4) is 0 Å². The number of aromatic nitrogens is 1.